The molecule has 0 aliphatic carbocycles. The van der Waals surface area contributed by atoms with Crippen LogP contribution in [-0.4, -0.2) is 24.5 Å². The fraction of sp³-hybridized carbons (Fsp3) is 0.667. The van der Waals surface area contributed by atoms with Crippen LogP contribution in [0.25, 0.3) is 0 Å². The summed E-state index contributed by atoms with van der Waals surface area (Å²) in [5, 5.41) is 8.45. The van der Waals surface area contributed by atoms with E-state index in [0.29, 0.717) is 6.54 Å². The van der Waals surface area contributed by atoms with Crippen molar-refractivity contribution in [3.63, 3.8) is 0 Å². The molecule has 0 aliphatic heterocycles. The van der Waals surface area contributed by atoms with Crippen LogP contribution >= 0.6 is 0 Å². The van der Waals surface area contributed by atoms with Crippen LogP contribution in [0.3, 0.4) is 0 Å². The Balaban J connectivity index is 3.51. The number of nitrogens with zero attached hydrogens (tertiary/aromatic N) is 2. The van der Waals surface area contributed by atoms with Gasteiger partial charge in [0.25, 0.3) is 0 Å². The SMILES string of the molecule is C=CCCN(CC#N)CCC. The maximum atomic E-state index is 8.45. The third-order valence-corrected chi connectivity index (χ3v) is 1.48. The number of rotatable bonds is 6. The zero-order valence-corrected chi connectivity index (χ0v) is 7.21. The van der Waals surface area contributed by atoms with Crippen molar-refractivity contribution in [1.82, 2.24) is 4.90 Å². The Hall–Kier alpha value is -0.810. The maximum absolute atomic E-state index is 8.45. The molecule has 0 atom stereocenters. The summed E-state index contributed by atoms with van der Waals surface area (Å²) in [6.07, 6.45) is 3.97. The van der Waals surface area contributed by atoms with Gasteiger partial charge in [-0.25, -0.2) is 0 Å². The van der Waals surface area contributed by atoms with Crippen LogP contribution in [0.4, 0.5) is 0 Å². The van der Waals surface area contributed by atoms with Crippen molar-refractivity contribution < 1.29 is 0 Å². The number of hydrogen-bond acceptors (Lipinski definition) is 2. The molecule has 0 radical (unpaired) electrons. The second kappa shape index (κ2) is 7.30. The molecule has 0 fully saturated rings. The average molecular weight is 152 g/mol. The van der Waals surface area contributed by atoms with Crippen LogP contribution in [0.15, 0.2) is 12.7 Å². The van der Waals surface area contributed by atoms with Crippen molar-refractivity contribution >= 4 is 0 Å². The van der Waals surface area contributed by atoms with Gasteiger partial charge in [-0.2, -0.15) is 5.26 Å². The Labute approximate surface area is 69.1 Å². The molecule has 0 spiro atoms. The highest BCUT2D eigenvalue weighted by Gasteiger charge is 1.99. The van der Waals surface area contributed by atoms with Crippen LogP contribution in [0.2, 0.25) is 0 Å². The lowest BCUT2D eigenvalue weighted by molar-refractivity contribution is 0.312. The van der Waals surface area contributed by atoms with Crippen molar-refractivity contribution in [3.8, 4) is 6.07 Å². The van der Waals surface area contributed by atoms with Crippen LogP contribution in [0.5, 0.6) is 0 Å². The normalized spacial score (nSPS) is 9.55. The van der Waals surface area contributed by atoms with Gasteiger partial charge in [0.2, 0.25) is 0 Å². The molecule has 2 heteroatoms. The molecule has 0 saturated heterocycles. The van der Waals surface area contributed by atoms with Crippen LogP contribution in [0, 0.1) is 11.3 Å². The highest BCUT2D eigenvalue weighted by molar-refractivity contribution is 4.78. The van der Waals surface area contributed by atoms with E-state index in [1.807, 2.05) is 6.08 Å². The van der Waals surface area contributed by atoms with Gasteiger partial charge in [-0.3, -0.25) is 4.90 Å². The summed E-state index contributed by atoms with van der Waals surface area (Å²) in [4.78, 5) is 2.14. The molecule has 0 rings (SSSR count). The highest BCUT2D eigenvalue weighted by atomic mass is 15.1. The summed E-state index contributed by atoms with van der Waals surface area (Å²) in [7, 11) is 0. The molecule has 0 aromatic heterocycles. The summed E-state index contributed by atoms with van der Waals surface area (Å²) in [6, 6.07) is 2.15. The first kappa shape index (κ1) is 10.2. The second-order valence-corrected chi connectivity index (χ2v) is 2.51. The summed E-state index contributed by atoms with van der Waals surface area (Å²) in [6.45, 7) is 8.29. The smallest absolute Gasteiger partial charge is 0.0866 e. The predicted octanol–water partition coefficient (Wildman–Crippen LogP) is 1.80. The molecule has 11 heavy (non-hydrogen) atoms. The van der Waals surface area contributed by atoms with Gasteiger partial charge in [-0.1, -0.05) is 13.0 Å². The second-order valence-electron chi connectivity index (χ2n) is 2.51. The highest BCUT2D eigenvalue weighted by Crippen LogP contribution is 1.93. The molecule has 0 aromatic carbocycles. The van der Waals surface area contributed by atoms with E-state index in [2.05, 4.69) is 24.5 Å². The first-order chi connectivity index (χ1) is 5.35. The van der Waals surface area contributed by atoms with Crippen molar-refractivity contribution in [2.45, 2.75) is 19.8 Å². The van der Waals surface area contributed by atoms with E-state index in [1.165, 1.54) is 0 Å². The molecular weight excluding hydrogens is 136 g/mol. The van der Waals surface area contributed by atoms with E-state index in [0.717, 1.165) is 25.9 Å². The van der Waals surface area contributed by atoms with Crippen molar-refractivity contribution in [2.24, 2.45) is 0 Å². The van der Waals surface area contributed by atoms with E-state index >= 15 is 0 Å². The molecule has 0 bridgehead atoms. The Morgan fingerprint density at radius 2 is 2.27 bits per heavy atom. The number of nitriles is 1. The number of hydrogen-bond donors (Lipinski definition) is 0. The summed E-state index contributed by atoms with van der Waals surface area (Å²) >= 11 is 0. The minimum absolute atomic E-state index is 0.543. The molecule has 0 heterocycles. The van der Waals surface area contributed by atoms with Gasteiger partial charge in [-0.15, -0.1) is 6.58 Å². The van der Waals surface area contributed by atoms with Gasteiger partial charge in [0.05, 0.1) is 12.6 Å². The topological polar surface area (TPSA) is 27.0 Å². The molecule has 0 amide bonds. The molecule has 0 unspecified atom stereocenters. The summed E-state index contributed by atoms with van der Waals surface area (Å²) in [5.41, 5.74) is 0. The fourth-order valence-corrected chi connectivity index (χ4v) is 0.960. The first-order valence-corrected chi connectivity index (χ1v) is 4.05. The Kier molecular flexibility index (Phi) is 6.76. The van der Waals surface area contributed by atoms with E-state index < -0.39 is 0 Å². The standard InChI is InChI=1S/C9H16N2/c1-3-5-8-11(7-4-2)9-6-10/h3H,1,4-5,7-9H2,2H3. The molecule has 0 N–H and O–H groups in total. The molecule has 2 nitrogen and oxygen atoms in total. The van der Waals surface area contributed by atoms with Gasteiger partial charge in [-0.05, 0) is 19.4 Å². The lowest BCUT2D eigenvalue weighted by Crippen LogP contribution is -2.25. The summed E-state index contributed by atoms with van der Waals surface area (Å²) in [5.74, 6) is 0. The van der Waals surface area contributed by atoms with Gasteiger partial charge >= 0.3 is 0 Å². The largest absolute Gasteiger partial charge is 0.290 e. The summed E-state index contributed by atoms with van der Waals surface area (Å²) < 4.78 is 0. The molecule has 0 saturated carbocycles. The minimum atomic E-state index is 0.543. The van der Waals surface area contributed by atoms with Crippen molar-refractivity contribution in [2.75, 3.05) is 19.6 Å². The first-order valence-electron chi connectivity index (χ1n) is 4.05. The maximum Gasteiger partial charge on any atom is 0.0866 e. The van der Waals surface area contributed by atoms with E-state index in [-0.39, 0.29) is 0 Å². The monoisotopic (exact) mass is 152 g/mol. The molecular formula is C9H16N2. The Bertz CT molecular complexity index is 135. The Morgan fingerprint density at radius 1 is 1.55 bits per heavy atom. The lowest BCUT2D eigenvalue weighted by atomic mass is 10.3. The van der Waals surface area contributed by atoms with Crippen molar-refractivity contribution in [3.05, 3.63) is 12.7 Å². The fourth-order valence-electron chi connectivity index (χ4n) is 0.960. The van der Waals surface area contributed by atoms with Gasteiger partial charge in [0, 0.05) is 6.54 Å². The van der Waals surface area contributed by atoms with Crippen molar-refractivity contribution in [1.29, 1.82) is 5.26 Å². The van der Waals surface area contributed by atoms with Crippen LogP contribution < -0.4 is 0 Å². The Morgan fingerprint density at radius 3 is 2.73 bits per heavy atom. The van der Waals surface area contributed by atoms with Crippen LogP contribution in [0.1, 0.15) is 19.8 Å². The molecule has 0 aromatic rings. The zero-order chi connectivity index (χ0) is 8.53. The third-order valence-electron chi connectivity index (χ3n) is 1.48. The predicted molar refractivity (Wildman–Crippen MR) is 47.2 cm³/mol. The van der Waals surface area contributed by atoms with E-state index in [4.69, 9.17) is 5.26 Å². The van der Waals surface area contributed by atoms with Gasteiger partial charge in [0.15, 0.2) is 0 Å². The zero-order valence-electron chi connectivity index (χ0n) is 7.21. The third kappa shape index (κ3) is 5.63. The van der Waals surface area contributed by atoms with E-state index in [1.54, 1.807) is 0 Å². The average Bonchev–Trinajstić information content (AvgIpc) is 2.01. The van der Waals surface area contributed by atoms with Gasteiger partial charge in [0.1, 0.15) is 0 Å². The molecule has 62 valence electrons. The quantitative estimate of drug-likeness (QED) is 0.428. The lowest BCUT2D eigenvalue weighted by Gasteiger charge is -2.16. The van der Waals surface area contributed by atoms with Crippen LogP contribution in [-0.2, 0) is 0 Å². The minimum Gasteiger partial charge on any atom is -0.290 e. The van der Waals surface area contributed by atoms with Gasteiger partial charge < -0.3 is 0 Å². The molecule has 0 aliphatic rings. The van der Waals surface area contributed by atoms with E-state index in [9.17, 15) is 0 Å².